The van der Waals surface area contributed by atoms with Crippen LogP contribution in [0.5, 0.6) is 0 Å². The number of hydrogen-bond acceptors (Lipinski definition) is 6. The van der Waals surface area contributed by atoms with Gasteiger partial charge in [-0.3, -0.25) is 0 Å². The van der Waals surface area contributed by atoms with E-state index in [0.29, 0.717) is 18.2 Å². The van der Waals surface area contributed by atoms with Gasteiger partial charge in [0.15, 0.2) is 5.65 Å². The van der Waals surface area contributed by atoms with Crippen LogP contribution < -0.4 is 11.1 Å². The first-order valence-corrected chi connectivity index (χ1v) is 5.31. The highest BCUT2D eigenvalue weighted by molar-refractivity contribution is 5.42. The summed E-state index contributed by atoms with van der Waals surface area (Å²) in [5.74, 6) is 0.768. The van der Waals surface area contributed by atoms with E-state index in [1.807, 2.05) is 12.1 Å². The first-order chi connectivity index (χ1) is 7.79. The number of anilines is 1. The van der Waals surface area contributed by atoms with Crippen molar-refractivity contribution in [1.29, 1.82) is 0 Å². The molecule has 0 saturated heterocycles. The summed E-state index contributed by atoms with van der Waals surface area (Å²) >= 11 is 0. The van der Waals surface area contributed by atoms with E-state index >= 15 is 0 Å². The van der Waals surface area contributed by atoms with Crippen LogP contribution in [0.15, 0.2) is 12.1 Å². The smallest absolute Gasteiger partial charge is 0.200 e. The van der Waals surface area contributed by atoms with E-state index in [-0.39, 0.29) is 0 Å². The number of tetrazole rings is 1. The van der Waals surface area contributed by atoms with Gasteiger partial charge in [-0.25, -0.2) is 0 Å². The van der Waals surface area contributed by atoms with Crippen LogP contribution in [-0.4, -0.2) is 37.8 Å². The lowest BCUT2D eigenvalue weighted by Gasteiger charge is -2.13. The van der Waals surface area contributed by atoms with Gasteiger partial charge in [0.25, 0.3) is 0 Å². The van der Waals surface area contributed by atoms with Crippen molar-refractivity contribution in [3.05, 3.63) is 12.1 Å². The summed E-state index contributed by atoms with van der Waals surface area (Å²) in [4.78, 5) is 0. The Morgan fingerprint density at radius 1 is 1.50 bits per heavy atom. The molecule has 2 rings (SSSR count). The molecule has 0 saturated carbocycles. The van der Waals surface area contributed by atoms with Crippen LogP contribution in [0.4, 0.5) is 5.82 Å². The minimum absolute atomic E-state index is 0.338. The van der Waals surface area contributed by atoms with Crippen molar-refractivity contribution in [3.63, 3.8) is 0 Å². The van der Waals surface area contributed by atoms with Gasteiger partial charge < -0.3 is 11.1 Å². The summed E-state index contributed by atoms with van der Waals surface area (Å²) in [6.07, 6.45) is 2.02. The van der Waals surface area contributed by atoms with Crippen LogP contribution in [0.3, 0.4) is 0 Å². The average molecular weight is 221 g/mol. The summed E-state index contributed by atoms with van der Waals surface area (Å²) < 4.78 is 1.40. The van der Waals surface area contributed by atoms with Crippen molar-refractivity contribution in [1.82, 2.24) is 25.3 Å². The molecular formula is C9H15N7. The molecule has 0 amide bonds. The van der Waals surface area contributed by atoms with E-state index in [4.69, 9.17) is 5.73 Å². The third-order valence-corrected chi connectivity index (χ3v) is 2.31. The lowest BCUT2D eigenvalue weighted by Crippen LogP contribution is -2.18. The average Bonchev–Trinajstić information content (AvgIpc) is 2.73. The van der Waals surface area contributed by atoms with Crippen LogP contribution in [0, 0.1) is 0 Å². The molecule has 7 heteroatoms. The van der Waals surface area contributed by atoms with Crippen LogP contribution >= 0.6 is 0 Å². The Bertz CT molecular complexity index is 452. The Labute approximate surface area is 93.0 Å². The van der Waals surface area contributed by atoms with Gasteiger partial charge in [-0.2, -0.15) is 0 Å². The number of nitrogens with zero attached hydrogens (tertiary/aromatic N) is 5. The summed E-state index contributed by atoms with van der Waals surface area (Å²) in [6.45, 7) is 2.81. The van der Waals surface area contributed by atoms with E-state index in [1.165, 1.54) is 4.63 Å². The first kappa shape index (κ1) is 10.7. The maximum absolute atomic E-state index is 5.46. The number of hydrogen-bond donors (Lipinski definition) is 2. The molecule has 0 fully saturated rings. The van der Waals surface area contributed by atoms with Gasteiger partial charge in [-0.15, -0.1) is 14.8 Å². The van der Waals surface area contributed by atoms with Crippen molar-refractivity contribution in [3.8, 4) is 0 Å². The molecule has 0 spiro atoms. The second kappa shape index (κ2) is 4.84. The first-order valence-electron chi connectivity index (χ1n) is 5.31. The fourth-order valence-electron chi connectivity index (χ4n) is 1.48. The van der Waals surface area contributed by atoms with Crippen LogP contribution in [-0.2, 0) is 0 Å². The molecule has 1 unspecified atom stereocenters. The van der Waals surface area contributed by atoms with Gasteiger partial charge in [-0.1, -0.05) is 0 Å². The number of fused-ring (bicyclic) bond motifs is 1. The molecule has 0 aliphatic carbocycles. The van der Waals surface area contributed by atoms with E-state index in [2.05, 4.69) is 32.9 Å². The quantitative estimate of drug-likeness (QED) is 0.741. The van der Waals surface area contributed by atoms with Crippen molar-refractivity contribution in [2.24, 2.45) is 5.73 Å². The Hall–Kier alpha value is -1.76. The Morgan fingerprint density at radius 3 is 3.19 bits per heavy atom. The largest absolute Gasteiger partial charge is 0.366 e. The van der Waals surface area contributed by atoms with Crippen LogP contribution in [0.25, 0.3) is 5.65 Å². The fourth-order valence-corrected chi connectivity index (χ4v) is 1.48. The molecule has 3 N–H and O–H groups in total. The molecule has 0 aromatic carbocycles. The molecule has 16 heavy (non-hydrogen) atoms. The van der Waals surface area contributed by atoms with Crippen molar-refractivity contribution >= 4 is 11.5 Å². The molecule has 0 bridgehead atoms. The van der Waals surface area contributed by atoms with Gasteiger partial charge >= 0.3 is 0 Å². The zero-order valence-corrected chi connectivity index (χ0v) is 9.17. The molecule has 0 radical (unpaired) electrons. The van der Waals surface area contributed by atoms with E-state index in [1.54, 1.807) is 0 Å². The molecule has 0 aliphatic heterocycles. The number of nitrogens with one attached hydrogen (secondary N) is 1. The molecule has 0 aliphatic rings. The Kier molecular flexibility index (Phi) is 3.25. The predicted molar refractivity (Wildman–Crippen MR) is 60.0 cm³/mol. The van der Waals surface area contributed by atoms with Gasteiger partial charge in [0, 0.05) is 6.04 Å². The molecule has 1 atom stereocenters. The summed E-state index contributed by atoms with van der Waals surface area (Å²) in [7, 11) is 0. The van der Waals surface area contributed by atoms with Gasteiger partial charge in [-0.05, 0) is 48.9 Å². The van der Waals surface area contributed by atoms with E-state index in [9.17, 15) is 0 Å². The maximum atomic E-state index is 5.46. The standard InChI is InChI=1S/C9H15N7/c1-7(3-2-6-10)11-8-4-5-9-12-14-15-16(9)13-8/h4-5,7H,2-3,6,10H2,1H3,(H,11,13). The Balaban J connectivity index is 2.03. The third kappa shape index (κ3) is 2.43. The topological polar surface area (TPSA) is 94.0 Å². The van der Waals surface area contributed by atoms with E-state index < -0.39 is 0 Å². The number of rotatable bonds is 5. The third-order valence-electron chi connectivity index (χ3n) is 2.31. The molecule has 7 nitrogen and oxygen atoms in total. The van der Waals surface area contributed by atoms with Crippen molar-refractivity contribution in [2.75, 3.05) is 11.9 Å². The summed E-state index contributed by atoms with van der Waals surface area (Å²) in [5, 5.41) is 18.5. The highest BCUT2D eigenvalue weighted by Crippen LogP contribution is 2.07. The second-order valence-electron chi connectivity index (χ2n) is 3.72. The van der Waals surface area contributed by atoms with E-state index in [0.717, 1.165) is 18.7 Å². The normalized spacial score (nSPS) is 12.9. The Morgan fingerprint density at radius 2 is 2.38 bits per heavy atom. The lowest BCUT2D eigenvalue weighted by molar-refractivity contribution is 0.654. The SMILES string of the molecule is CC(CCCN)Nc1ccc2nnnn2n1. The summed E-state index contributed by atoms with van der Waals surface area (Å²) in [5.41, 5.74) is 6.10. The monoisotopic (exact) mass is 221 g/mol. The minimum Gasteiger partial charge on any atom is -0.366 e. The lowest BCUT2D eigenvalue weighted by atomic mass is 10.2. The van der Waals surface area contributed by atoms with Crippen molar-refractivity contribution in [2.45, 2.75) is 25.8 Å². The van der Waals surface area contributed by atoms with Crippen LogP contribution in [0.2, 0.25) is 0 Å². The number of aromatic nitrogens is 5. The molecule has 2 heterocycles. The summed E-state index contributed by atoms with van der Waals surface area (Å²) in [6, 6.07) is 4.03. The molecular weight excluding hydrogens is 206 g/mol. The highest BCUT2D eigenvalue weighted by Gasteiger charge is 2.04. The fraction of sp³-hybridized carbons (Fsp3) is 0.556. The van der Waals surface area contributed by atoms with Crippen molar-refractivity contribution < 1.29 is 0 Å². The molecule has 2 aromatic rings. The molecule has 86 valence electrons. The zero-order chi connectivity index (χ0) is 11.4. The van der Waals surface area contributed by atoms with Gasteiger partial charge in [0.05, 0.1) is 0 Å². The predicted octanol–water partition coefficient (Wildman–Crippen LogP) is 0.0586. The maximum Gasteiger partial charge on any atom is 0.200 e. The highest BCUT2D eigenvalue weighted by atomic mass is 15.6. The van der Waals surface area contributed by atoms with Crippen LogP contribution in [0.1, 0.15) is 19.8 Å². The van der Waals surface area contributed by atoms with Gasteiger partial charge in [0.1, 0.15) is 5.82 Å². The zero-order valence-electron chi connectivity index (χ0n) is 9.17. The molecule has 2 aromatic heterocycles. The second-order valence-corrected chi connectivity index (χ2v) is 3.72. The van der Waals surface area contributed by atoms with Gasteiger partial charge in [0.2, 0.25) is 0 Å². The minimum atomic E-state index is 0.338. The number of nitrogens with two attached hydrogens (primary N) is 1.